The van der Waals surface area contributed by atoms with Gasteiger partial charge in [0.1, 0.15) is 16.9 Å². The minimum Gasteiger partial charge on any atom is -0.494 e. The van der Waals surface area contributed by atoms with Gasteiger partial charge in [-0.1, -0.05) is 0 Å². The SMILES string of the molecule is COC(=O)c1cc(NC2[C@@H]3C[C@H]2CN(C(=O)OC(C)(C)C)C3)c(OC)cc1[N+](=O)[O-]. The molecule has 1 amide bonds. The average molecular weight is 421 g/mol. The Kier molecular flexibility index (Phi) is 5.78. The Morgan fingerprint density at radius 3 is 2.33 bits per heavy atom. The van der Waals surface area contributed by atoms with Crippen molar-refractivity contribution in [3.63, 3.8) is 0 Å². The van der Waals surface area contributed by atoms with E-state index in [2.05, 4.69) is 10.1 Å². The van der Waals surface area contributed by atoms with Crippen molar-refractivity contribution in [3.8, 4) is 5.75 Å². The fraction of sp³-hybridized carbons (Fsp3) is 0.600. The molecule has 1 heterocycles. The first kappa shape index (κ1) is 21.7. The summed E-state index contributed by atoms with van der Waals surface area (Å²) in [4.78, 5) is 36.8. The van der Waals surface area contributed by atoms with Crippen molar-refractivity contribution in [2.75, 3.05) is 32.6 Å². The number of fused-ring (bicyclic) bond motifs is 2. The van der Waals surface area contributed by atoms with Crippen LogP contribution in [0.3, 0.4) is 0 Å². The van der Waals surface area contributed by atoms with Gasteiger partial charge in [0.05, 0.1) is 30.9 Å². The van der Waals surface area contributed by atoms with Gasteiger partial charge in [0.2, 0.25) is 0 Å². The standard InChI is InChI=1S/C20H27N3O7/c1-20(2,3)30-19(25)22-9-11-6-12(10-22)17(11)21-14-7-13(18(24)29-5)15(23(26)27)8-16(14)28-4/h7-8,11-12,17,21H,6,9-10H2,1-5H3/t11-,12+,17?. The number of nitro benzene ring substituents is 1. The van der Waals surface area contributed by atoms with Gasteiger partial charge in [-0.2, -0.15) is 0 Å². The van der Waals surface area contributed by atoms with Crippen LogP contribution in [-0.4, -0.2) is 60.8 Å². The summed E-state index contributed by atoms with van der Waals surface area (Å²) in [6.07, 6.45) is 0.646. The number of likely N-dealkylation sites (tertiary alicyclic amines) is 1. The first-order valence-corrected chi connectivity index (χ1v) is 9.73. The van der Waals surface area contributed by atoms with E-state index in [-0.39, 0.29) is 41.0 Å². The zero-order valence-corrected chi connectivity index (χ0v) is 17.8. The van der Waals surface area contributed by atoms with Gasteiger partial charge in [-0.15, -0.1) is 0 Å². The first-order valence-electron chi connectivity index (χ1n) is 9.73. The van der Waals surface area contributed by atoms with E-state index in [1.54, 1.807) is 4.90 Å². The summed E-state index contributed by atoms with van der Waals surface area (Å²) in [7, 11) is 2.58. The Morgan fingerprint density at radius 1 is 1.20 bits per heavy atom. The molecule has 1 aromatic rings. The van der Waals surface area contributed by atoms with Crippen LogP contribution in [0.4, 0.5) is 16.2 Å². The van der Waals surface area contributed by atoms with Crippen LogP contribution in [0, 0.1) is 22.0 Å². The van der Waals surface area contributed by atoms with E-state index >= 15 is 0 Å². The molecular formula is C20H27N3O7. The second kappa shape index (κ2) is 8.00. The fourth-order valence-corrected chi connectivity index (χ4v) is 4.05. The number of rotatable bonds is 5. The van der Waals surface area contributed by atoms with Crippen LogP contribution in [0.15, 0.2) is 12.1 Å². The minimum absolute atomic E-state index is 0.0598. The lowest BCUT2D eigenvalue weighted by molar-refractivity contribution is -0.385. The molecule has 2 aliphatic rings. The number of amides is 1. The van der Waals surface area contributed by atoms with Crippen molar-refractivity contribution in [2.45, 2.75) is 38.8 Å². The number of benzene rings is 1. The van der Waals surface area contributed by atoms with Gasteiger partial charge in [0, 0.05) is 19.1 Å². The zero-order chi connectivity index (χ0) is 22.2. The molecule has 0 aromatic heterocycles. The highest BCUT2D eigenvalue weighted by Crippen LogP contribution is 2.44. The third-order valence-corrected chi connectivity index (χ3v) is 5.42. The molecule has 1 unspecified atom stereocenters. The van der Waals surface area contributed by atoms with E-state index in [1.165, 1.54) is 26.4 Å². The number of hydrogen-bond donors (Lipinski definition) is 1. The third kappa shape index (κ3) is 4.27. The Hall–Kier alpha value is -3.04. The molecule has 2 bridgehead atoms. The molecule has 1 aliphatic carbocycles. The maximum atomic E-state index is 12.3. The minimum atomic E-state index is -0.794. The number of ether oxygens (including phenoxy) is 3. The van der Waals surface area contributed by atoms with Gasteiger partial charge >= 0.3 is 12.1 Å². The normalized spacial score (nSPS) is 22.6. The quantitative estimate of drug-likeness (QED) is 0.437. The number of anilines is 1. The highest BCUT2D eigenvalue weighted by atomic mass is 16.6. The molecule has 0 spiro atoms. The molecule has 10 heteroatoms. The van der Waals surface area contributed by atoms with E-state index in [9.17, 15) is 19.7 Å². The van der Waals surface area contributed by atoms with E-state index in [0.29, 0.717) is 18.8 Å². The molecule has 1 N–H and O–H groups in total. The molecule has 164 valence electrons. The predicted molar refractivity (Wildman–Crippen MR) is 108 cm³/mol. The summed E-state index contributed by atoms with van der Waals surface area (Å²) in [5.41, 5.74) is -0.596. The van der Waals surface area contributed by atoms with Gasteiger partial charge in [0.25, 0.3) is 5.69 Å². The highest BCUT2D eigenvalue weighted by molar-refractivity contribution is 5.96. The van der Waals surface area contributed by atoms with Crippen LogP contribution in [0.5, 0.6) is 5.75 Å². The monoisotopic (exact) mass is 421 g/mol. The third-order valence-electron chi connectivity index (χ3n) is 5.42. The van der Waals surface area contributed by atoms with Crippen LogP contribution < -0.4 is 10.1 Å². The summed E-state index contributed by atoms with van der Waals surface area (Å²) in [5.74, 6) is -0.115. The number of nitrogens with zero attached hydrogens (tertiary/aromatic N) is 2. The van der Waals surface area contributed by atoms with Gasteiger partial charge in [-0.3, -0.25) is 10.1 Å². The number of hydrogen-bond acceptors (Lipinski definition) is 8. The van der Waals surface area contributed by atoms with Crippen molar-refractivity contribution in [1.82, 2.24) is 4.90 Å². The Morgan fingerprint density at radius 2 is 1.83 bits per heavy atom. The molecule has 2 fully saturated rings. The molecule has 3 atom stereocenters. The second-order valence-corrected chi connectivity index (χ2v) is 8.63. The zero-order valence-electron chi connectivity index (χ0n) is 17.8. The van der Waals surface area contributed by atoms with E-state index in [4.69, 9.17) is 9.47 Å². The van der Waals surface area contributed by atoms with Crippen LogP contribution in [-0.2, 0) is 9.47 Å². The van der Waals surface area contributed by atoms with Gasteiger partial charge in [-0.25, -0.2) is 9.59 Å². The Bertz CT molecular complexity index is 853. The van der Waals surface area contributed by atoms with Gasteiger partial charge in [-0.05, 0) is 45.1 Å². The second-order valence-electron chi connectivity index (χ2n) is 8.63. The summed E-state index contributed by atoms with van der Waals surface area (Å²) < 4.78 is 15.4. The molecule has 0 radical (unpaired) electrons. The van der Waals surface area contributed by atoms with Gasteiger partial charge < -0.3 is 24.4 Å². The van der Waals surface area contributed by atoms with Crippen LogP contribution in [0.25, 0.3) is 0 Å². The smallest absolute Gasteiger partial charge is 0.410 e. The fourth-order valence-electron chi connectivity index (χ4n) is 4.05. The van der Waals surface area contributed by atoms with Crippen molar-refractivity contribution >= 4 is 23.4 Å². The van der Waals surface area contributed by atoms with E-state index < -0.39 is 16.5 Å². The number of nitro groups is 1. The maximum absolute atomic E-state index is 12.3. The number of carbonyl (C=O) groups is 2. The largest absolute Gasteiger partial charge is 0.494 e. The Balaban J connectivity index is 1.77. The number of methoxy groups -OCH3 is 2. The van der Waals surface area contributed by atoms with Crippen molar-refractivity contribution in [3.05, 3.63) is 27.8 Å². The lowest BCUT2D eigenvalue weighted by atomic mass is 9.66. The summed E-state index contributed by atoms with van der Waals surface area (Å²) in [6.45, 7) is 6.61. The number of nitrogens with one attached hydrogen (secondary N) is 1. The molecule has 1 aliphatic heterocycles. The molecule has 1 saturated carbocycles. The summed E-state index contributed by atoms with van der Waals surface area (Å²) >= 11 is 0. The maximum Gasteiger partial charge on any atom is 0.410 e. The predicted octanol–water partition coefficient (Wildman–Crippen LogP) is 3.06. The van der Waals surface area contributed by atoms with Crippen LogP contribution in [0.2, 0.25) is 0 Å². The molecule has 30 heavy (non-hydrogen) atoms. The average Bonchev–Trinajstić information content (AvgIpc) is 2.69. The van der Waals surface area contributed by atoms with E-state index in [1.807, 2.05) is 20.8 Å². The van der Waals surface area contributed by atoms with Crippen LogP contribution in [0.1, 0.15) is 37.6 Å². The summed E-state index contributed by atoms with van der Waals surface area (Å²) in [5, 5.41) is 14.7. The van der Waals surface area contributed by atoms with E-state index in [0.717, 1.165) is 6.42 Å². The highest BCUT2D eigenvalue weighted by Gasteiger charge is 2.49. The number of carbonyl (C=O) groups excluding carboxylic acids is 2. The lowest BCUT2D eigenvalue weighted by Gasteiger charge is -2.53. The van der Waals surface area contributed by atoms with Crippen molar-refractivity contribution in [2.24, 2.45) is 11.8 Å². The van der Waals surface area contributed by atoms with Crippen LogP contribution >= 0.6 is 0 Å². The topological polar surface area (TPSA) is 120 Å². The molecule has 10 nitrogen and oxygen atoms in total. The van der Waals surface area contributed by atoms with Crippen molar-refractivity contribution in [1.29, 1.82) is 0 Å². The molecule has 3 rings (SSSR count). The van der Waals surface area contributed by atoms with Crippen molar-refractivity contribution < 1.29 is 28.7 Å². The molecule has 1 aromatic carbocycles. The lowest BCUT2D eigenvalue weighted by Crippen LogP contribution is -2.62. The first-order chi connectivity index (χ1) is 14.0. The number of piperidine rings is 2. The summed E-state index contributed by atoms with van der Waals surface area (Å²) in [6, 6.07) is 2.67. The Labute approximate surface area is 174 Å². The molecular weight excluding hydrogens is 394 g/mol. The number of esters is 1. The van der Waals surface area contributed by atoms with Gasteiger partial charge in [0.15, 0.2) is 0 Å². The molecule has 1 saturated heterocycles.